The Hall–Kier alpha value is -0.370. The summed E-state index contributed by atoms with van der Waals surface area (Å²) in [7, 11) is 1.61. The highest BCUT2D eigenvalue weighted by molar-refractivity contribution is 5.80. The van der Waals surface area contributed by atoms with E-state index < -0.39 is 0 Å². The number of Topliss-reactive ketones (excluding diaryl/α,β-unsaturated/α-hetero) is 1. The van der Waals surface area contributed by atoms with Crippen molar-refractivity contribution in [1.29, 1.82) is 0 Å². The van der Waals surface area contributed by atoms with E-state index >= 15 is 0 Å². The van der Waals surface area contributed by atoms with Crippen LogP contribution >= 0.6 is 0 Å². The molecule has 0 heterocycles. The third-order valence-electron chi connectivity index (χ3n) is 2.60. The lowest BCUT2D eigenvalue weighted by Crippen LogP contribution is -2.19. The minimum Gasteiger partial charge on any atom is -0.374 e. The van der Waals surface area contributed by atoms with Gasteiger partial charge >= 0.3 is 0 Å². The molecule has 13 heavy (non-hydrogen) atoms. The Bertz CT molecular complexity index is 143. The van der Waals surface area contributed by atoms with Gasteiger partial charge in [0, 0.05) is 7.11 Å². The van der Waals surface area contributed by atoms with E-state index in [-0.39, 0.29) is 11.9 Å². The van der Waals surface area contributed by atoms with Crippen molar-refractivity contribution >= 4 is 5.78 Å². The fraction of sp³-hybridized carbons (Fsp3) is 0.909. The lowest BCUT2D eigenvalue weighted by molar-refractivity contribution is -0.127. The maximum Gasteiger partial charge on any atom is 0.158 e. The van der Waals surface area contributed by atoms with Gasteiger partial charge < -0.3 is 4.74 Å². The highest BCUT2D eigenvalue weighted by atomic mass is 16.5. The minimum absolute atomic E-state index is 0.145. The molecule has 0 aromatic rings. The summed E-state index contributed by atoms with van der Waals surface area (Å²) < 4.78 is 5.08. The number of hydrogen-bond acceptors (Lipinski definition) is 2. The molecule has 0 bridgehead atoms. The van der Waals surface area contributed by atoms with Gasteiger partial charge in [-0.3, -0.25) is 4.79 Å². The summed E-state index contributed by atoms with van der Waals surface area (Å²) in [5, 5.41) is 0. The number of ketones is 1. The van der Waals surface area contributed by atoms with Gasteiger partial charge in [-0.2, -0.15) is 0 Å². The van der Waals surface area contributed by atoms with Crippen LogP contribution in [0.2, 0.25) is 0 Å². The van der Waals surface area contributed by atoms with Crippen LogP contribution in [0.15, 0.2) is 0 Å². The lowest BCUT2D eigenvalue weighted by Gasteiger charge is -2.13. The molecule has 78 valence electrons. The average Bonchev–Trinajstić information content (AvgIpc) is 2.11. The predicted molar refractivity (Wildman–Crippen MR) is 54.8 cm³/mol. The monoisotopic (exact) mass is 186 g/mol. The van der Waals surface area contributed by atoms with Crippen molar-refractivity contribution in [2.45, 2.75) is 52.6 Å². The SMILES string of the molecule is CCC(C)CCCC(OC)C(C)=O. The maximum absolute atomic E-state index is 11.0. The molecule has 2 nitrogen and oxygen atoms in total. The van der Waals surface area contributed by atoms with E-state index in [0.29, 0.717) is 0 Å². The van der Waals surface area contributed by atoms with Crippen LogP contribution in [0.5, 0.6) is 0 Å². The molecule has 0 aliphatic carbocycles. The number of rotatable bonds is 7. The Kier molecular flexibility index (Phi) is 6.87. The quantitative estimate of drug-likeness (QED) is 0.611. The molecule has 0 saturated carbocycles. The molecular formula is C11H22O2. The topological polar surface area (TPSA) is 26.3 Å². The Labute approximate surface area is 81.7 Å². The van der Waals surface area contributed by atoms with Crippen molar-refractivity contribution in [1.82, 2.24) is 0 Å². The lowest BCUT2D eigenvalue weighted by atomic mass is 9.99. The number of carbonyl (C=O) groups is 1. The van der Waals surface area contributed by atoms with Crippen LogP contribution in [0.1, 0.15) is 46.5 Å². The molecule has 0 aliphatic heterocycles. The Morgan fingerprint density at radius 2 is 2.00 bits per heavy atom. The fourth-order valence-electron chi connectivity index (χ4n) is 1.34. The van der Waals surface area contributed by atoms with Crippen molar-refractivity contribution in [2.75, 3.05) is 7.11 Å². The van der Waals surface area contributed by atoms with Crippen LogP contribution in [0.4, 0.5) is 0 Å². The molecule has 0 rings (SSSR count). The summed E-state index contributed by atoms with van der Waals surface area (Å²) in [6, 6.07) is 0. The van der Waals surface area contributed by atoms with Crippen molar-refractivity contribution < 1.29 is 9.53 Å². The van der Waals surface area contributed by atoms with E-state index in [0.717, 1.165) is 18.8 Å². The summed E-state index contributed by atoms with van der Waals surface area (Å²) in [5.74, 6) is 0.913. The molecular weight excluding hydrogens is 164 g/mol. The summed E-state index contributed by atoms with van der Waals surface area (Å²) in [6.07, 6.45) is 4.20. The van der Waals surface area contributed by atoms with Crippen LogP contribution < -0.4 is 0 Å². The van der Waals surface area contributed by atoms with Gasteiger partial charge in [0.25, 0.3) is 0 Å². The first-order valence-electron chi connectivity index (χ1n) is 5.15. The zero-order valence-electron chi connectivity index (χ0n) is 9.30. The first-order valence-corrected chi connectivity index (χ1v) is 5.15. The number of methoxy groups -OCH3 is 1. The highest BCUT2D eigenvalue weighted by Gasteiger charge is 2.12. The van der Waals surface area contributed by atoms with Gasteiger partial charge in [-0.05, 0) is 19.3 Å². The average molecular weight is 186 g/mol. The Morgan fingerprint density at radius 3 is 2.38 bits per heavy atom. The van der Waals surface area contributed by atoms with Gasteiger partial charge in [-0.15, -0.1) is 0 Å². The first kappa shape index (κ1) is 12.6. The molecule has 0 aromatic heterocycles. The van der Waals surface area contributed by atoms with E-state index in [1.54, 1.807) is 14.0 Å². The molecule has 0 aromatic carbocycles. The molecule has 2 atom stereocenters. The van der Waals surface area contributed by atoms with Crippen LogP contribution in [0.3, 0.4) is 0 Å². The highest BCUT2D eigenvalue weighted by Crippen LogP contribution is 2.13. The summed E-state index contributed by atoms with van der Waals surface area (Å²) in [6.45, 7) is 6.04. The van der Waals surface area contributed by atoms with Gasteiger partial charge in [-0.25, -0.2) is 0 Å². The molecule has 2 unspecified atom stereocenters. The molecule has 0 amide bonds. The van der Waals surface area contributed by atoms with Crippen molar-refractivity contribution in [2.24, 2.45) is 5.92 Å². The second kappa shape index (κ2) is 7.07. The van der Waals surface area contributed by atoms with Gasteiger partial charge in [0.05, 0.1) is 0 Å². The molecule has 0 spiro atoms. The van der Waals surface area contributed by atoms with Gasteiger partial charge in [0.1, 0.15) is 6.10 Å². The molecule has 0 radical (unpaired) electrons. The summed E-state index contributed by atoms with van der Waals surface area (Å²) in [5.41, 5.74) is 0. The van der Waals surface area contributed by atoms with Gasteiger partial charge in [-0.1, -0.05) is 33.1 Å². The Balaban J connectivity index is 3.55. The van der Waals surface area contributed by atoms with E-state index in [9.17, 15) is 4.79 Å². The zero-order chi connectivity index (χ0) is 10.3. The molecule has 0 fully saturated rings. The third-order valence-corrected chi connectivity index (χ3v) is 2.60. The predicted octanol–water partition coefficient (Wildman–Crippen LogP) is 2.81. The molecule has 0 aliphatic rings. The smallest absolute Gasteiger partial charge is 0.158 e. The molecule has 0 saturated heterocycles. The molecule has 0 N–H and O–H groups in total. The second-order valence-electron chi connectivity index (χ2n) is 3.78. The van der Waals surface area contributed by atoms with Gasteiger partial charge in [0.15, 0.2) is 5.78 Å². The van der Waals surface area contributed by atoms with Crippen molar-refractivity contribution in [3.63, 3.8) is 0 Å². The van der Waals surface area contributed by atoms with Gasteiger partial charge in [0.2, 0.25) is 0 Å². The van der Waals surface area contributed by atoms with Crippen LogP contribution in [-0.2, 0) is 9.53 Å². The normalized spacial score (nSPS) is 15.4. The van der Waals surface area contributed by atoms with Crippen molar-refractivity contribution in [3.8, 4) is 0 Å². The standard InChI is InChI=1S/C11H22O2/c1-5-9(2)7-6-8-11(13-4)10(3)12/h9,11H,5-8H2,1-4H3. The zero-order valence-corrected chi connectivity index (χ0v) is 9.30. The van der Waals surface area contributed by atoms with E-state index in [2.05, 4.69) is 13.8 Å². The maximum atomic E-state index is 11.0. The third kappa shape index (κ3) is 5.81. The van der Waals surface area contributed by atoms with E-state index in [4.69, 9.17) is 4.74 Å². The van der Waals surface area contributed by atoms with Crippen LogP contribution in [0, 0.1) is 5.92 Å². The largest absolute Gasteiger partial charge is 0.374 e. The van der Waals surface area contributed by atoms with Crippen LogP contribution in [0.25, 0.3) is 0 Å². The van der Waals surface area contributed by atoms with E-state index in [1.165, 1.54) is 12.8 Å². The summed E-state index contributed by atoms with van der Waals surface area (Å²) in [4.78, 5) is 11.0. The number of carbonyl (C=O) groups excluding carboxylic acids is 1. The number of ether oxygens (including phenoxy) is 1. The first-order chi connectivity index (χ1) is 6.11. The number of hydrogen-bond donors (Lipinski definition) is 0. The summed E-state index contributed by atoms with van der Waals surface area (Å²) >= 11 is 0. The fourth-order valence-corrected chi connectivity index (χ4v) is 1.34. The Morgan fingerprint density at radius 1 is 1.38 bits per heavy atom. The van der Waals surface area contributed by atoms with Crippen molar-refractivity contribution in [3.05, 3.63) is 0 Å². The molecule has 2 heteroatoms. The van der Waals surface area contributed by atoms with E-state index in [1.807, 2.05) is 0 Å². The van der Waals surface area contributed by atoms with Crippen LogP contribution in [-0.4, -0.2) is 19.0 Å². The minimum atomic E-state index is -0.177. The second-order valence-corrected chi connectivity index (χ2v) is 3.78.